The summed E-state index contributed by atoms with van der Waals surface area (Å²) in [6.07, 6.45) is 3.60. The number of nitrogens with zero attached hydrogens (tertiary/aromatic N) is 4. The molecular weight excluding hydrogens is 300 g/mol. The van der Waals surface area contributed by atoms with Crippen LogP contribution in [0, 0.1) is 16.0 Å². The summed E-state index contributed by atoms with van der Waals surface area (Å²) in [7, 11) is 1.43. The minimum Gasteiger partial charge on any atom is -0.469 e. The van der Waals surface area contributed by atoms with Gasteiger partial charge in [-0.3, -0.25) is 9.69 Å². The Balaban J connectivity index is 1.49. The van der Waals surface area contributed by atoms with Crippen molar-refractivity contribution in [1.82, 2.24) is 9.88 Å². The van der Waals surface area contributed by atoms with Gasteiger partial charge in [-0.25, -0.2) is 0 Å². The topological polar surface area (TPSA) is 88.8 Å². The van der Waals surface area contributed by atoms with E-state index in [1.165, 1.54) is 13.2 Å². The maximum absolute atomic E-state index is 11.4. The predicted octanol–water partition coefficient (Wildman–Crippen LogP) is 1.06. The van der Waals surface area contributed by atoms with Gasteiger partial charge < -0.3 is 19.8 Å². The van der Waals surface area contributed by atoms with Crippen LogP contribution >= 0.6 is 0 Å². The van der Waals surface area contributed by atoms with Gasteiger partial charge in [0.15, 0.2) is 6.20 Å². The highest BCUT2D eigenvalue weighted by atomic mass is 16.6. The monoisotopic (exact) mass is 320 g/mol. The highest BCUT2D eigenvalue weighted by Gasteiger charge is 2.38. The van der Waals surface area contributed by atoms with E-state index in [0.717, 1.165) is 44.7 Å². The summed E-state index contributed by atoms with van der Waals surface area (Å²) in [4.78, 5) is 30.0. The molecule has 0 bridgehead atoms. The maximum Gasteiger partial charge on any atom is 0.363 e. The van der Waals surface area contributed by atoms with E-state index in [1.54, 1.807) is 12.3 Å². The molecule has 2 aliphatic heterocycles. The Morgan fingerprint density at radius 2 is 2.04 bits per heavy atom. The fourth-order valence-electron chi connectivity index (χ4n) is 3.29. The molecule has 0 amide bonds. The lowest BCUT2D eigenvalue weighted by atomic mass is 9.93. The van der Waals surface area contributed by atoms with Crippen LogP contribution in [0.1, 0.15) is 12.8 Å². The molecule has 0 unspecified atom stereocenters. The highest BCUT2D eigenvalue weighted by Crippen LogP contribution is 2.28. The number of esters is 1. The molecule has 8 heteroatoms. The van der Waals surface area contributed by atoms with Crippen molar-refractivity contribution in [2.45, 2.75) is 18.9 Å². The number of carbonyl (C=O) groups excluding carboxylic acids is 1. The Kier molecular flexibility index (Phi) is 4.42. The Morgan fingerprint density at radius 3 is 2.57 bits per heavy atom. The Labute approximate surface area is 134 Å². The van der Waals surface area contributed by atoms with Gasteiger partial charge in [-0.1, -0.05) is 0 Å². The largest absolute Gasteiger partial charge is 0.469 e. The Hall–Kier alpha value is -2.22. The van der Waals surface area contributed by atoms with Crippen molar-refractivity contribution in [2.75, 3.05) is 38.2 Å². The van der Waals surface area contributed by atoms with Crippen molar-refractivity contribution in [2.24, 2.45) is 5.92 Å². The number of anilines is 1. The van der Waals surface area contributed by atoms with Crippen LogP contribution in [0.4, 0.5) is 11.5 Å². The summed E-state index contributed by atoms with van der Waals surface area (Å²) in [5.74, 6) is -0.217. The van der Waals surface area contributed by atoms with E-state index in [4.69, 9.17) is 4.74 Å². The molecule has 124 valence electrons. The molecule has 23 heavy (non-hydrogen) atoms. The van der Waals surface area contributed by atoms with E-state index in [-0.39, 0.29) is 17.7 Å². The first kappa shape index (κ1) is 15.7. The van der Waals surface area contributed by atoms with E-state index in [9.17, 15) is 14.9 Å². The van der Waals surface area contributed by atoms with Crippen LogP contribution in [0.2, 0.25) is 0 Å². The second kappa shape index (κ2) is 6.49. The zero-order valence-electron chi connectivity index (χ0n) is 13.1. The highest BCUT2D eigenvalue weighted by molar-refractivity contribution is 5.73. The minimum atomic E-state index is -0.488. The molecule has 1 aromatic heterocycles. The molecule has 0 radical (unpaired) electrons. The first-order chi connectivity index (χ1) is 11.1. The standard InChI is InChI=1S/C15H20N4O4/c1-23-15(20)11-9-18(10-11)12-4-6-17(7-5-12)13-2-3-14(16-8-13)19(21)22/h2-3,8,11-12H,4-7,9-10H2,1H3. The molecule has 0 saturated carbocycles. The average molecular weight is 320 g/mol. The molecule has 0 N–H and O–H groups in total. The Bertz CT molecular complexity index is 578. The van der Waals surface area contributed by atoms with Gasteiger partial charge in [0.05, 0.1) is 18.7 Å². The second-order valence-electron chi connectivity index (χ2n) is 6.02. The molecule has 0 spiro atoms. The molecule has 8 nitrogen and oxygen atoms in total. The Morgan fingerprint density at radius 1 is 1.35 bits per heavy atom. The zero-order valence-corrected chi connectivity index (χ0v) is 13.1. The number of piperidine rings is 1. The maximum atomic E-state index is 11.4. The van der Waals surface area contributed by atoms with Gasteiger partial charge in [0.25, 0.3) is 0 Å². The van der Waals surface area contributed by atoms with Gasteiger partial charge in [-0.05, 0) is 28.8 Å². The van der Waals surface area contributed by atoms with Crippen molar-refractivity contribution >= 4 is 17.5 Å². The third-order valence-corrected chi connectivity index (χ3v) is 4.71. The van der Waals surface area contributed by atoms with Crippen LogP contribution in [0.25, 0.3) is 0 Å². The first-order valence-electron chi connectivity index (χ1n) is 7.75. The second-order valence-corrected chi connectivity index (χ2v) is 6.02. The molecule has 2 fully saturated rings. The lowest BCUT2D eigenvalue weighted by molar-refractivity contribution is -0.389. The third kappa shape index (κ3) is 3.26. The van der Waals surface area contributed by atoms with Crippen LogP contribution in [0.5, 0.6) is 0 Å². The quantitative estimate of drug-likeness (QED) is 0.465. The number of hydrogen-bond donors (Lipinski definition) is 0. The van der Waals surface area contributed by atoms with Crippen molar-refractivity contribution in [3.05, 3.63) is 28.4 Å². The van der Waals surface area contributed by atoms with Crippen LogP contribution in [-0.2, 0) is 9.53 Å². The van der Waals surface area contributed by atoms with E-state index >= 15 is 0 Å². The molecular formula is C15H20N4O4. The van der Waals surface area contributed by atoms with Crippen molar-refractivity contribution in [1.29, 1.82) is 0 Å². The summed E-state index contributed by atoms with van der Waals surface area (Å²) in [5.41, 5.74) is 0.921. The first-order valence-corrected chi connectivity index (χ1v) is 7.75. The van der Waals surface area contributed by atoms with Crippen molar-refractivity contribution in [3.8, 4) is 0 Å². The third-order valence-electron chi connectivity index (χ3n) is 4.71. The SMILES string of the molecule is COC(=O)C1CN(C2CCN(c3ccc([N+](=O)[O-])nc3)CC2)C1. The van der Waals surface area contributed by atoms with Gasteiger partial charge in [0.2, 0.25) is 0 Å². The number of rotatable bonds is 4. The molecule has 0 aromatic carbocycles. The number of pyridine rings is 1. The summed E-state index contributed by atoms with van der Waals surface area (Å²) >= 11 is 0. The molecule has 3 rings (SSSR count). The van der Waals surface area contributed by atoms with E-state index in [2.05, 4.69) is 14.8 Å². The molecule has 3 heterocycles. The number of nitro groups is 1. The summed E-state index contributed by atoms with van der Waals surface area (Å²) in [6, 6.07) is 3.69. The van der Waals surface area contributed by atoms with Crippen LogP contribution in [0.3, 0.4) is 0 Å². The number of ether oxygens (including phenoxy) is 1. The summed E-state index contributed by atoms with van der Waals surface area (Å²) in [5, 5.41) is 10.6. The fraction of sp³-hybridized carbons (Fsp3) is 0.600. The van der Waals surface area contributed by atoms with Gasteiger partial charge in [-0.15, -0.1) is 0 Å². The summed E-state index contributed by atoms with van der Waals surface area (Å²) < 4.78 is 4.76. The number of methoxy groups -OCH3 is 1. The zero-order chi connectivity index (χ0) is 16.4. The average Bonchev–Trinajstić information content (AvgIpc) is 2.54. The van der Waals surface area contributed by atoms with Crippen LogP contribution in [-0.4, -0.2) is 60.1 Å². The molecule has 2 aliphatic rings. The fourth-order valence-corrected chi connectivity index (χ4v) is 3.29. The minimum absolute atomic E-state index is 0.0249. The molecule has 2 saturated heterocycles. The normalized spacial score (nSPS) is 20.1. The van der Waals surface area contributed by atoms with Gasteiger partial charge in [-0.2, -0.15) is 0 Å². The smallest absolute Gasteiger partial charge is 0.363 e. The predicted molar refractivity (Wildman–Crippen MR) is 83.2 cm³/mol. The number of hydrogen-bond acceptors (Lipinski definition) is 7. The lowest BCUT2D eigenvalue weighted by Gasteiger charge is -2.46. The van der Waals surface area contributed by atoms with Gasteiger partial charge in [0.1, 0.15) is 0 Å². The van der Waals surface area contributed by atoms with E-state index in [0.29, 0.717) is 6.04 Å². The number of likely N-dealkylation sites (tertiary alicyclic amines) is 1. The lowest BCUT2D eigenvalue weighted by Crippen LogP contribution is -2.57. The van der Waals surface area contributed by atoms with E-state index in [1.807, 2.05) is 0 Å². The van der Waals surface area contributed by atoms with Crippen molar-refractivity contribution in [3.63, 3.8) is 0 Å². The molecule has 0 atom stereocenters. The van der Waals surface area contributed by atoms with Crippen molar-refractivity contribution < 1.29 is 14.5 Å². The van der Waals surface area contributed by atoms with Gasteiger partial charge >= 0.3 is 11.8 Å². The van der Waals surface area contributed by atoms with E-state index < -0.39 is 4.92 Å². The molecule has 0 aliphatic carbocycles. The summed E-state index contributed by atoms with van der Waals surface area (Å²) in [6.45, 7) is 3.36. The molecule has 1 aromatic rings. The van der Waals surface area contributed by atoms with Crippen LogP contribution in [0.15, 0.2) is 18.3 Å². The number of aromatic nitrogens is 1. The van der Waals surface area contributed by atoms with Gasteiger partial charge in [0, 0.05) is 38.3 Å². The van der Waals surface area contributed by atoms with Crippen LogP contribution < -0.4 is 4.90 Å². The number of carbonyl (C=O) groups is 1.